The predicted molar refractivity (Wildman–Crippen MR) is 39.4 cm³/mol. The molecule has 2 heteroatoms. The molecule has 9 heavy (non-hydrogen) atoms. The van der Waals surface area contributed by atoms with Gasteiger partial charge in [0.1, 0.15) is 0 Å². The van der Waals surface area contributed by atoms with E-state index < -0.39 is 0 Å². The zero-order valence-electron chi connectivity index (χ0n) is 5.38. The summed E-state index contributed by atoms with van der Waals surface area (Å²) < 4.78 is 10.3. The zero-order chi connectivity index (χ0) is 6.53. The van der Waals surface area contributed by atoms with Crippen LogP contribution in [0.1, 0.15) is 25.7 Å². The second-order valence-electron chi connectivity index (χ2n) is 2.36. The second-order valence-corrected chi connectivity index (χ2v) is 3.22. The molecule has 0 saturated carbocycles. The number of allylic oxidation sites excluding steroid dienone is 2. The van der Waals surface area contributed by atoms with E-state index in [1.807, 2.05) is 0 Å². The molecule has 0 saturated heterocycles. The van der Waals surface area contributed by atoms with Crippen molar-refractivity contribution in [2.45, 2.75) is 30.9 Å². The van der Waals surface area contributed by atoms with Crippen molar-refractivity contribution in [3.05, 3.63) is 12.2 Å². The normalized spacial score (nSPS) is 27.3. The lowest BCUT2D eigenvalue weighted by Crippen LogP contribution is -2.01. The van der Waals surface area contributed by atoms with Crippen molar-refractivity contribution < 1.29 is 4.21 Å². The zero-order valence-corrected chi connectivity index (χ0v) is 6.19. The standard InChI is InChI=1S/C7H11OS/c8-9-7-5-3-1-2-4-6-7/h1,3,7H,2,4-6H2/q+1. The van der Waals surface area contributed by atoms with Gasteiger partial charge in [-0.15, -0.1) is 0 Å². The van der Waals surface area contributed by atoms with Gasteiger partial charge in [-0.2, -0.15) is 0 Å². The molecule has 1 aliphatic rings. The lowest BCUT2D eigenvalue weighted by molar-refractivity contribution is 0.591. The van der Waals surface area contributed by atoms with Crippen LogP contribution >= 0.6 is 0 Å². The molecular formula is C7H11OS+. The first-order valence-corrected chi connectivity index (χ1v) is 4.17. The van der Waals surface area contributed by atoms with Crippen molar-refractivity contribution >= 4 is 11.7 Å². The minimum absolute atomic E-state index is 0.351. The van der Waals surface area contributed by atoms with E-state index in [-0.39, 0.29) is 0 Å². The molecule has 0 N–H and O–H groups in total. The highest BCUT2D eigenvalue weighted by Gasteiger charge is 2.19. The summed E-state index contributed by atoms with van der Waals surface area (Å²) in [6.45, 7) is 0. The highest BCUT2D eigenvalue weighted by molar-refractivity contribution is 7.66. The summed E-state index contributed by atoms with van der Waals surface area (Å²) in [6.07, 6.45) is 8.74. The van der Waals surface area contributed by atoms with Gasteiger partial charge in [-0.3, -0.25) is 0 Å². The van der Waals surface area contributed by atoms with Crippen LogP contribution in [0.15, 0.2) is 12.2 Å². The Morgan fingerprint density at radius 3 is 3.11 bits per heavy atom. The molecule has 1 rings (SSSR count). The van der Waals surface area contributed by atoms with Gasteiger partial charge in [0.05, 0.1) is 0 Å². The fourth-order valence-corrected chi connectivity index (χ4v) is 1.49. The second kappa shape index (κ2) is 3.72. The monoisotopic (exact) mass is 143 g/mol. The van der Waals surface area contributed by atoms with Gasteiger partial charge in [0.2, 0.25) is 5.25 Å². The quantitative estimate of drug-likeness (QED) is 0.405. The Labute approximate surface area is 59.6 Å². The third kappa shape index (κ3) is 2.22. The Balaban J connectivity index is 2.37. The summed E-state index contributed by atoms with van der Waals surface area (Å²) in [5, 5.41) is 0.351. The molecule has 1 unspecified atom stereocenters. The van der Waals surface area contributed by atoms with Crippen LogP contribution in [0.25, 0.3) is 0 Å². The SMILES string of the molecule is O=[S+]C1CC=CCCC1. The highest BCUT2D eigenvalue weighted by atomic mass is 32.1. The van der Waals surface area contributed by atoms with Gasteiger partial charge in [-0.05, 0) is 12.8 Å². The van der Waals surface area contributed by atoms with E-state index in [0.717, 1.165) is 30.9 Å². The average Bonchev–Trinajstić information content (AvgIpc) is 2.13. The third-order valence-corrected chi connectivity index (χ3v) is 2.30. The summed E-state index contributed by atoms with van der Waals surface area (Å²) in [7, 11) is 0. The van der Waals surface area contributed by atoms with E-state index in [0.29, 0.717) is 5.25 Å². The first-order chi connectivity index (χ1) is 4.43. The molecule has 0 bridgehead atoms. The predicted octanol–water partition coefficient (Wildman–Crippen LogP) is 1.91. The van der Waals surface area contributed by atoms with Crippen LogP contribution in [0, 0.1) is 0 Å². The van der Waals surface area contributed by atoms with Crippen molar-refractivity contribution in [2.75, 3.05) is 0 Å². The van der Waals surface area contributed by atoms with Crippen molar-refractivity contribution in [2.24, 2.45) is 0 Å². The van der Waals surface area contributed by atoms with Gasteiger partial charge < -0.3 is 0 Å². The van der Waals surface area contributed by atoms with E-state index in [2.05, 4.69) is 12.2 Å². The Hall–Kier alpha value is -0.240. The molecule has 0 heterocycles. The van der Waals surface area contributed by atoms with Gasteiger partial charge in [0.25, 0.3) is 0 Å². The molecule has 0 fully saturated rings. The maximum Gasteiger partial charge on any atom is 0.462 e. The van der Waals surface area contributed by atoms with Gasteiger partial charge >= 0.3 is 11.7 Å². The first-order valence-electron chi connectivity index (χ1n) is 3.37. The molecule has 0 radical (unpaired) electrons. The minimum atomic E-state index is 0.351. The summed E-state index contributed by atoms with van der Waals surface area (Å²) in [5.41, 5.74) is 0. The maximum atomic E-state index is 10.3. The number of hydrogen-bond acceptors (Lipinski definition) is 1. The topological polar surface area (TPSA) is 17.1 Å². The van der Waals surface area contributed by atoms with E-state index >= 15 is 0 Å². The average molecular weight is 143 g/mol. The molecule has 50 valence electrons. The molecule has 1 atom stereocenters. The van der Waals surface area contributed by atoms with Crippen molar-refractivity contribution in [3.8, 4) is 0 Å². The fraction of sp³-hybridized carbons (Fsp3) is 0.714. The largest absolute Gasteiger partial charge is 0.462 e. The molecule has 0 aromatic heterocycles. The van der Waals surface area contributed by atoms with E-state index in [1.165, 1.54) is 6.42 Å². The van der Waals surface area contributed by atoms with E-state index in [1.54, 1.807) is 0 Å². The lowest BCUT2D eigenvalue weighted by atomic mass is 10.2. The number of hydrogen-bond donors (Lipinski definition) is 0. The molecule has 0 aliphatic heterocycles. The molecule has 1 aliphatic carbocycles. The van der Waals surface area contributed by atoms with Gasteiger partial charge in [0.15, 0.2) is 0 Å². The van der Waals surface area contributed by atoms with Crippen molar-refractivity contribution in [1.82, 2.24) is 0 Å². The fourth-order valence-electron chi connectivity index (χ4n) is 1.03. The van der Waals surface area contributed by atoms with Crippen molar-refractivity contribution in [1.29, 1.82) is 0 Å². The summed E-state index contributed by atoms with van der Waals surface area (Å²) in [5.74, 6) is 0. The van der Waals surface area contributed by atoms with Gasteiger partial charge in [0, 0.05) is 17.1 Å². The van der Waals surface area contributed by atoms with Gasteiger partial charge in [-0.25, -0.2) is 0 Å². The molecule has 0 aromatic rings. The number of rotatable bonds is 1. The summed E-state index contributed by atoms with van der Waals surface area (Å²) in [4.78, 5) is 0. The van der Waals surface area contributed by atoms with Crippen LogP contribution in [0.5, 0.6) is 0 Å². The highest BCUT2D eigenvalue weighted by Crippen LogP contribution is 2.12. The van der Waals surface area contributed by atoms with Crippen LogP contribution in [0.3, 0.4) is 0 Å². The van der Waals surface area contributed by atoms with Crippen LogP contribution in [-0.4, -0.2) is 5.25 Å². The minimum Gasteiger partial charge on any atom is -0.0883 e. The van der Waals surface area contributed by atoms with Crippen LogP contribution in [-0.2, 0) is 15.9 Å². The molecule has 1 nitrogen and oxygen atoms in total. The maximum absolute atomic E-state index is 10.3. The summed E-state index contributed by atoms with van der Waals surface area (Å²) >= 11 is 0.758. The van der Waals surface area contributed by atoms with Crippen molar-refractivity contribution in [3.63, 3.8) is 0 Å². The molecule has 0 spiro atoms. The lowest BCUT2D eigenvalue weighted by Gasteiger charge is -1.88. The third-order valence-electron chi connectivity index (χ3n) is 1.60. The Bertz CT molecular complexity index is 120. The first kappa shape index (κ1) is 6.87. The smallest absolute Gasteiger partial charge is 0.0883 e. The Kier molecular flexibility index (Phi) is 2.84. The molecule has 0 amide bonds. The van der Waals surface area contributed by atoms with Crippen LogP contribution in [0.4, 0.5) is 0 Å². The summed E-state index contributed by atoms with van der Waals surface area (Å²) in [6, 6.07) is 0. The van der Waals surface area contributed by atoms with Gasteiger partial charge in [-0.1, -0.05) is 12.2 Å². The molecular weight excluding hydrogens is 132 g/mol. The Morgan fingerprint density at radius 2 is 2.33 bits per heavy atom. The van der Waals surface area contributed by atoms with Crippen LogP contribution in [0.2, 0.25) is 0 Å². The Morgan fingerprint density at radius 1 is 1.44 bits per heavy atom. The van der Waals surface area contributed by atoms with Crippen LogP contribution < -0.4 is 0 Å². The van der Waals surface area contributed by atoms with E-state index in [9.17, 15) is 4.21 Å². The molecule has 0 aromatic carbocycles. The van der Waals surface area contributed by atoms with E-state index in [4.69, 9.17) is 0 Å².